The Balaban J connectivity index is 1.85. The smallest absolute Gasteiger partial charge is 0.251 e. The molecule has 0 saturated carbocycles. The van der Waals surface area contributed by atoms with Crippen molar-refractivity contribution < 1.29 is 33.6 Å². The minimum absolute atomic E-state index is 0.00469. The molecule has 156 valence electrons. The van der Waals surface area contributed by atoms with E-state index in [2.05, 4.69) is 5.32 Å². The van der Waals surface area contributed by atoms with E-state index in [1.807, 2.05) is 6.07 Å². The number of halogens is 1. The van der Waals surface area contributed by atoms with Crippen molar-refractivity contribution in [3.05, 3.63) is 48.0 Å². The largest absolute Gasteiger partial charge is 0.493 e. The van der Waals surface area contributed by atoms with E-state index in [-0.39, 0.29) is 24.7 Å². The van der Waals surface area contributed by atoms with Crippen molar-refractivity contribution in [1.82, 2.24) is 5.32 Å². The van der Waals surface area contributed by atoms with Gasteiger partial charge in [0.25, 0.3) is 5.91 Å². The Bertz CT molecular complexity index is 861. The Labute approximate surface area is 168 Å². The fraction of sp³-hybridized carbons (Fsp3) is 0.381. The summed E-state index contributed by atoms with van der Waals surface area (Å²) in [4.78, 5) is 11.9. The van der Waals surface area contributed by atoms with Crippen LogP contribution in [-0.4, -0.2) is 61.6 Å². The van der Waals surface area contributed by atoms with Gasteiger partial charge in [0, 0.05) is 19.0 Å². The number of alkyl halides is 1. The molecule has 1 fully saturated rings. The highest BCUT2D eigenvalue weighted by Crippen LogP contribution is 2.35. The number of amides is 1. The molecule has 0 radical (unpaired) electrons. The lowest BCUT2D eigenvalue weighted by Crippen LogP contribution is -2.49. The summed E-state index contributed by atoms with van der Waals surface area (Å²) < 4.78 is 30.7. The molecule has 2 aromatic carbocycles. The van der Waals surface area contributed by atoms with Gasteiger partial charge in [0.15, 0.2) is 17.7 Å². The molecule has 2 aromatic rings. The number of carbonyl (C=O) groups excluding carboxylic acids is 1. The first-order valence-electron chi connectivity index (χ1n) is 9.22. The quantitative estimate of drug-likeness (QED) is 0.679. The van der Waals surface area contributed by atoms with Gasteiger partial charge in [-0.1, -0.05) is 18.2 Å². The van der Waals surface area contributed by atoms with Gasteiger partial charge in [-0.25, -0.2) is 4.39 Å². The van der Waals surface area contributed by atoms with Crippen molar-refractivity contribution in [2.24, 2.45) is 0 Å². The number of carbonyl (C=O) groups is 1. The van der Waals surface area contributed by atoms with Crippen LogP contribution in [0.15, 0.2) is 42.5 Å². The van der Waals surface area contributed by atoms with Crippen LogP contribution in [-0.2, 0) is 4.74 Å². The van der Waals surface area contributed by atoms with E-state index in [0.29, 0.717) is 11.3 Å². The maximum absolute atomic E-state index is 14.3. The second-order valence-corrected chi connectivity index (χ2v) is 6.70. The number of hydrogen-bond acceptors (Lipinski definition) is 6. The Kier molecular flexibility index (Phi) is 6.68. The molecule has 0 spiro atoms. The lowest BCUT2D eigenvalue weighted by molar-refractivity contribution is -0.222. The predicted molar refractivity (Wildman–Crippen MR) is 104 cm³/mol. The van der Waals surface area contributed by atoms with Gasteiger partial charge < -0.3 is 29.7 Å². The van der Waals surface area contributed by atoms with E-state index in [0.717, 1.165) is 11.1 Å². The molecule has 0 bridgehead atoms. The fourth-order valence-electron chi connectivity index (χ4n) is 3.17. The summed E-state index contributed by atoms with van der Waals surface area (Å²) in [5.74, 6) is 0.376. The summed E-state index contributed by atoms with van der Waals surface area (Å²) in [6, 6.07) is 12.1. The van der Waals surface area contributed by atoms with E-state index < -0.39 is 24.7 Å². The molecule has 4 unspecified atom stereocenters. The molecule has 1 saturated heterocycles. The van der Waals surface area contributed by atoms with E-state index in [9.17, 15) is 19.4 Å². The Morgan fingerprint density at radius 1 is 1.24 bits per heavy atom. The van der Waals surface area contributed by atoms with E-state index in [1.54, 1.807) is 43.4 Å². The second-order valence-electron chi connectivity index (χ2n) is 6.70. The summed E-state index contributed by atoms with van der Waals surface area (Å²) in [6.07, 6.45) is -5.13. The van der Waals surface area contributed by atoms with Crippen molar-refractivity contribution in [3.63, 3.8) is 0 Å². The average molecular weight is 405 g/mol. The summed E-state index contributed by atoms with van der Waals surface area (Å²) in [7, 11) is 3.01. The first-order valence-corrected chi connectivity index (χ1v) is 9.22. The van der Waals surface area contributed by atoms with Crippen LogP contribution in [0.3, 0.4) is 0 Å². The van der Waals surface area contributed by atoms with E-state index in [4.69, 9.17) is 14.2 Å². The van der Waals surface area contributed by atoms with E-state index >= 15 is 0 Å². The number of hydrogen-bond donors (Lipinski definition) is 3. The van der Waals surface area contributed by atoms with Gasteiger partial charge in [-0.3, -0.25) is 4.79 Å². The van der Waals surface area contributed by atoms with Gasteiger partial charge in [-0.05, 0) is 35.4 Å². The van der Waals surface area contributed by atoms with Crippen molar-refractivity contribution in [2.75, 3.05) is 20.8 Å². The van der Waals surface area contributed by atoms with Crippen LogP contribution in [0.1, 0.15) is 16.8 Å². The van der Waals surface area contributed by atoms with Gasteiger partial charge in [-0.2, -0.15) is 0 Å². The number of rotatable bonds is 6. The monoisotopic (exact) mass is 405 g/mol. The molecule has 1 aliphatic rings. The summed E-state index contributed by atoms with van der Waals surface area (Å²) >= 11 is 0. The second kappa shape index (κ2) is 9.21. The third kappa shape index (κ3) is 4.67. The molecule has 7 nitrogen and oxygen atoms in total. The third-order valence-electron chi connectivity index (χ3n) is 4.75. The molecule has 3 N–H and O–H groups in total. The van der Waals surface area contributed by atoms with Crippen LogP contribution >= 0.6 is 0 Å². The van der Waals surface area contributed by atoms with Crippen molar-refractivity contribution >= 4 is 5.91 Å². The fourth-order valence-corrected chi connectivity index (χ4v) is 3.17. The van der Waals surface area contributed by atoms with Crippen LogP contribution in [0.5, 0.6) is 11.5 Å². The number of benzene rings is 2. The van der Waals surface area contributed by atoms with Gasteiger partial charge in [0.1, 0.15) is 0 Å². The normalized spacial score (nSPS) is 24.0. The lowest BCUT2D eigenvalue weighted by Gasteiger charge is -2.35. The molecular weight excluding hydrogens is 381 g/mol. The highest BCUT2D eigenvalue weighted by atomic mass is 19.1. The SMILES string of the molecule is CNC(=O)c1cccc(-c2ccc(OC3OC(CO)CC(O)C3F)c(OC)c2)c1. The molecule has 3 rings (SSSR count). The Morgan fingerprint density at radius 3 is 2.69 bits per heavy atom. The highest BCUT2D eigenvalue weighted by Gasteiger charge is 2.40. The number of aliphatic hydroxyl groups excluding tert-OH is 2. The molecular formula is C21H24FNO6. The first kappa shape index (κ1) is 21.0. The van der Waals surface area contributed by atoms with Crippen molar-refractivity contribution in [1.29, 1.82) is 0 Å². The van der Waals surface area contributed by atoms with Crippen LogP contribution in [0.25, 0.3) is 11.1 Å². The molecule has 0 aliphatic carbocycles. The van der Waals surface area contributed by atoms with Crippen LogP contribution in [0.2, 0.25) is 0 Å². The third-order valence-corrected chi connectivity index (χ3v) is 4.75. The summed E-state index contributed by atoms with van der Waals surface area (Å²) in [5.41, 5.74) is 2.09. The maximum atomic E-state index is 14.3. The maximum Gasteiger partial charge on any atom is 0.251 e. The molecule has 0 aromatic heterocycles. The minimum Gasteiger partial charge on any atom is -0.493 e. The molecule has 4 atom stereocenters. The minimum atomic E-state index is -1.76. The van der Waals surface area contributed by atoms with Gasteiger partial charge in [0.2, 0.25) is 6.29 Å². The number of methoxy groups -OCH3 is 1. The summed E-state index contributed by atoms with van der Waals surface area (Å²) in [6.45, 7) is -0.346. The predicted octanol–water partition coefficient (Wildman–Crippen LogP) is 1.91. The molecule has 1 heterocycles. The standard InChI is InChI=1S/C21H24FNO6/c1-23-20(26)14-5-3-4-12(8-14)13-6-7-17(18(9-13)27-2)29-21-19(22)16(25)10-15(11-24)28-21/h3-9,15-16,19,21,24-25H,10-11H2,1-2H3,(H,23,26). The van der Waals surface area contributed by atoms with Crippen molar-refractivity contribution in [2.45, 2.75) is 31.1 Å². The van der Waals surface area contributed by atoms with Gasteiger partial charge in [-0.15, -0.1) is 0 Å². The molecule has 1 amide bonds. The topological polar surface area (TPSA) is 97.3 Å². The lowest BCUT2D eigenvalue weighted by atomic mass is 10.0. The van der Waals surface area contributed by atoms with Gasteiger partial charge in [0.05, 0.1) is 25.9 Å². The molecule has 29 heavy (non-hydrogen) atoms. The summed E-state index contributed by atoms with van der Waals surface area (Å²) in [5, 5.41) is 21.7. The van der Waals surface area contributed by atoms with Crippen molar-refractivity contribution in [3.8, 4) is 22.6 Å². The number of nitrogens with one attached hydrogen (secondary N) is 1. The zero-order valence-corrected chi connectivity index (χ0v) is 16.2. The Morgan fingerprint density at radius 2 is 2.00 bits per heavy atom. The first-order chi connectivity index (χ1) is 14.0. The zero-order valence-electron chi connectivity index (χ0n) is 16.2. The number of ether oxygens (including phenoxy) is 3. The highest BCUT2D eigenvalue weighted by molar-refractivity contribution is 5.95. The van der Waals surface area contributed by atoms with Crippen LogP contribution < -0.4 is 14.8 Å². The zero-order chi connectivity index (χ0) is 21.0. The van der Waals surface area contributed by atoms with E-state index in [1.165, 1.54) is 7.11 Å². The van der Waals surface area contributed by atoms with Crippen LogP contribution in [0.4, 0.5) is 4.39 Å². The number of aliphatic hydroxyl groups is 2. The molecule has 1 aliphatic heterocycles. The average Bonchev–Trinajstić information content (AvgIpc) is 2.76. The van der Waals surface area contributed by atoms with Gasteiger partial charge >= 0.3 is 0 Å². The van der Waals surface area contributed by atoms with Crippen LogP contribution in [0, 0.1) is 0 Å². The Hall–Kier alpha value is -2.68. The molecule has 8 heteroatoms.